The smallest absolute Gasteiger partial charge is 0.119 e. The molecule has 4 unspecified atom stereocenters. The molecule has 0 amide bonds. The van der Waals surface area contributed by atoms with Crippen LogP contribution >= 0.6 is 0 Å². The second kappa shape index (κ2) is 4.76. The van der Waals surface area contributed by atoms with E-state index in [2.05, 4.69) is 39.9 Å². The van der Waals surface area contributed by atoms with Crippen molar-refractivity contribution in [2.24, 2.45) is 0 Å². The molecule has 3 aliphatic rings. The zero-order chi connectivity index (χ0) is 14.7. The number of ether oxygens (including phenoxy) is 1. The van der Waals surface area contributed by atoms with E-state index in [1.165, 1.54) is 49.4 Å². The van der Waals surface area contributed by atoms with Gasteiger partial charge in [-0.1, -0.05) is 6.42 Å². The molecule has 2 saturated heterocycles. The van der Waals surface area contributed by atoms with Crippen molar-refractivity contribution in [1.29, 1.82) is 0 Å². The van der Waals surface area contributed by atoms with Crippen LogP contribution < -0.4 is 4.74 Å². The minimum absolute atomic E-state index is 0.687. The van der Waals surface area contributed by atoms with Crippen LogP contribution in [0.4, 0.5) is 0 Å². The number of nitrogens with zero attached hydrogens (tertiary/aromatic N) is 2. The van der Waals surface area contributed by atoms with Gasteiger partial charge in [0.1, 0.15) is 5.75 Å². The van der Waals surface area contributed by atoms with Gasteiger partial charge in [0.25, 0.3) is 0 Å². The summed E-state index contributed by atoms with van der Waals surface area (Å²) in [6.07, 6.45) is 10.8. The maximum absolute atomic E-state index is 5.34. The largest absolute Gasteiger partial charge is 0.497 e. The van der Waals surface area contributed by atoms with Crippen molar-refractivity contribution in [3.8, 4) is 5.75 Å². The fraction of sp³-hybridized carbons (Fsp3) is 0.579. The van der Waals surface area contributed by atoms with Gasteiger partial charge in [0.2, 0.25) is 0 Å². The first kappa shape index (κ1) is 13.0. The molecule has 0 N–H and O–H groups in total. The number of aromatic nitrogens is 1. The third kappa shape index (κ3) is 1.84. The van der Waals surface area contributed by atoms with Gasteiger partial charge in [-0.25, -0.2) is 0 Å². The monoisotopic (exact) mass is 296 g/mol. The van der Waals surface area contributed by atoms with Gasteiger partial charge in [-0.3, -0.25) is 4.90 Å². The number of rotatable bonds is 3. The van der Waals surface area contributed by atoms with Gasteiger partial charge in [-0.05, 0) is 56.4 Å². The predicted molar refractivity (Wildman–Crippen MR) is 88.4 cm³/mol. The molecule has 1 aromatic heterocycles. The average molecular weight is 296 g/mol. The normalized spacial score (nSPS) is 34.2. The van der Waals surface area contributed by atoms with Crippen molar-refractivity contribution < 1.29 is 4.74 Å². The lowest BCUT2D eigenvalue weighted by Crippen LogP contribution is -2.42. The molecule has 116 valence electrons. The molecule has 3 heterocycles. The van der Waals surface area contributed by atoms with E-state index < -0.39 is 0 Å². The molecular formula is C19H24N2O. The van der Waals surface area contributed by atoms with E-state index in [4.69, 9.17) is 4.74 Å². The Hall–Kier alpha value is -1.48. The molecular weight excluding hydrogens is 272 g/mol. The van der Waals surface area contributed by atoms with Crippen LogP contribution in [0, 0.1) is 0 Å². The fourth-order valence-corrected chi connectivity index (χ4v) is 5.05. The van der Waals surface area contributed by atoms with Gasteiger partial charge in [0, 0.05) is 35.2 Å². The van der Waals surface area contributed by atoms with Crippen molar-refractivity contribution in [3.63, 3.8) is 0 Å². The van der Waals surface area contributed by atoms with Crippen LogP contribution in [-0.4, -0.2) is 34.7 Å². The van der Waals surface area contributed by atoms with Gasteiger partial charge >= 0.3 is 0 Å². The maximum atomic E-state index is 5.34. The number of hydrogen-bond acceptors (Lipinski definition) is 2. The summed E-state index contributed by atoms with van der Waals surface area (Å²) in [5, 5.41) is 1.30. The molecule has 2 bridgehead atoms. The highest BCUT2D eigenvalue weighted by atomic mass is 16.5. The lowest BCUT2D eigenvalue weighted by molar-refractivity contribution is 0.125. The summed E-state index contributed by atoms with van der Waals surface area (Å²) in [5.41, 5.74) is 1.36. The molecule has 5 rings (SSSR count). The summed E-state index contributed by atoms with van der Waals surface area (Å²) in [6.45, 7) is 0. The lowest BCUT2D eigenvalue weighted by Gasteiger charge is -2.35. The minimum atomic E-state index is 0.687. The van der Waals surface area contributed by atoms with E-state index >= 15 is 0 Å². The first-order valence-corrected chi connectivity index (χ1v) is 8.77. The number of methoxy groups -OCH3 is 1. The maximum Gasteiger partial charge on any atom is 0.119 e. The van der Waals surface area contributed by atoms with E-state index in [1.54, 1.807) is 7.11 Å². The first-order chi connectivity index (χ1) is 10.8. The van der Waals surface area contributed by atoms with Crippen LogP contribution in [0.5, 0.6) is 5.75 Å². The molecule has 1 saturated carbocycles. The van der Waals surface area contributed by atoms with Crippen LogP contribution in [0.25, 0.3) is 10.9 Å². The highest BCUT2D eigenvalue weighted by Crippen LogP contribution is 2.49. The van der Waals surface area contributed by atoms with Crippen molar-refractivity contribution >= 4 is 10.9 Å². The quantitative estimate of drug-likeness (QED) is 0.852. The van der Waals surface area contributed by atoms with E-state index in [0.29, 0.717) is 6.04 Å². The van der Waals surface area contributed by atoms with Crippen molar-refractivity contribution in [2.75, 3.05) is 7.11 Å². The van der Waals surface area contributed by atoms with Crippen LogP contribution in [0.15, 0.2) is 30.5 Å². The lowest BCUT2D eigenvalue weighted by atomic mass is 10.0. The SMILES string of the molecule is COc1ccc2c(ccn2C2CC2N2C3CCCC2CC3)c1. The Bertz CT molecular complexity index is 691. The molecule has 0 radical (unpaired) electrons. The Morgan fingerprint density at radius 1 is 1.00 bits per heavy atom. The van der Waals surface area contributed by atoms with Crippen LogP contribution in [0.3, 0.4) is 0 Å². The molecule has 3 nitrogen and oxygen atoms in total. The Morgan fingerprint density at radius 3 is 2.59 bits per heavy atom. The van der Waals surface area contributed by atoms with Crippen molar-refractivity contribution in [1.82, 2.24) is 9.47 Å². The summed E-state index contributed by atoms with van der Waals surface area (Å²) >= 11 is 0. The van der Waals surface area contributed by atoms with Crippen molar-refractivity contribution in [3.05, 3.63) is 30.5 Å². The van der Waals surface area contributed by atoms with E-state index in [0.717, 1.165) is 23.9 Å². The Balaban J connectivity index is 1.43. The van der Waals surface area contributed by atoms with Gasteiger partial charge in [-0.15, -0.1) is 0 Å². The molecule has 2 aromatic rings. The molecule has 2 aliphatic heterocycles. The predicted octanol–water partition coefficient (Wildman–Crippen LogP) is 3.98. The molecule has 4 atom stereocenters. The molecule has 22 heavy (non-hydrogen) atoms. The van der Waals surface area contributed by atoms with Crippen LogP contribution in [0.1, 0.15) is 44.6 Å². The molecule has 3 fully saturated rings. The second-order valence-corrected chi connectivity index (χ2v) is 7.28. The zero-order valence-corrected chi connectivity index (χ0v) is 13.2. The fourth-order valence-electron chi connectivity index (χ4n) is 5.05. The van der Waals surface area contributed by atoms with E-state index in [9.17, 15) is 0 Å². The third-order valence-corrected chi connectivity index (χ3v) is 6.14. The second-order valence-electron chi connectivity index (χ2n) is 7.28. The molecule has 3 heteroatoms. The Morgan fingerprint density at radius 2 is 1.82 bits per heavy atom. The summed E-state index contributed by atoms with van der Waals surface area (Å²) in [7, 11) is 1.74. The number of benzene rings is 1. The third-order valence-electron chi connectivity index (χ3n) is 6.14. The van der Waals surface area contributed by atoms with Crippen molar-refractivity contribution in [2.45, 2.75) is 62.7 Å². The average Bonchev–Trinajstić information content (AvgIpc) is 3.16. The van der Waals surface area contributed by atoms with Crippen LogP contribution in [0.2, 0.25) is 0 Å². The first-order valence-electron chi connectivity index (χ1n) is 8.77. The zero-order valence-electron chi connectivity index (χ0n) is 13.2. The highest BCUT2D eigenvalue weighted by Gasteiger charge is 2.51. The summed E-state index contributed by atoms with van der Waals surface area (Å²) in [4.78, 5) is 2.89. The topological polar surface area (TPSA) is 17.4 Å². The van der Waals surface area contributed by atoms with Gasteiger partial charge in [0.15, 0.2) is 0 Å². The van der Waals surface area contributed by atoms with Gasteiger partial charge < -0.3 is 9.30 Å². The Labute approximate surface area is 131 Å². The summed E-state index contributed by atoms with van der Waals surface area (Å²) in [6, 6.07) is 11.9. The number of piperidine rings is 1. The number of hydrogen-bond donors (Lipinski definition) is 0. The standard InChI is InChI=1S/C19H24N2O/c1-22-16-7-8-17-13(11-16)9-10-20(17)18-12-19(18)21-14-3-2-4-15(21)6-5-14/h7-11,14-15,18-19H,2-6,12H2,1H3. The highest BCUT2D eigenvalue weighted by molar-refractivity contribution is 5.82. The van der Waals surface area contributed by atoms with E-state index in [-0.39, 0.29) is 0 Å². The minimum Gasteiger partial charge on any atom is -0.497 e. The molecule has 0 spiro atoms. The molecule has 1 aliphatic carbocycles. The molecule has 1 aromatic carbocycles. The van der Waals surface area contributed by atoms with E-state index in [1.807, 2.05) is 0 Å². The summed E-state index contributed by atoms with van der Waals surface area (Å²) < 4.78 is 7.85. The number of fused-ring (bicyclic) bond motifs is 3. The van der Waals surface area contributed by atoms with Crippen LogP contribution in [-0.2, 0) is 0 Å². The van der Waals surface area contributed by atoms with Gasteiger partial charge in [0.05, 0.1) is 13.2 Å². The summed E-state index contributed by atoms with van der Waals surface area (Å²) in [5.74, 6) is 0.951. The Kier molecular flexibility index (Phi) is 2.81. The van der Waals surface area contributed by atoms with Gasteiger partial charge in [-0.2, -0.15) is 0 Å².